The van der Waals surface area contributed by atoms with E-state index in [0.717, 1.165) is 17.0 Å². The Labute approximate surface area is 136 Å². The average molecular weight is 311 g/mol. The Balaban J connectivity index is 1.86. The molecule has 4 heteroatoms. The lowest BCUT2D eigenvalue weighted by Gasteiger charge is -2.07. The lowest BCUT2D eigenvalue weighted by atomic mass is 10.1. The molecule has 0 aliphatic heterocycles. The molecule has 0 aliphatic carbocycles. The van der Waals surface area contributed by atoms with Gasteiger partial charge >= 0.3 is 0 Å². The monoisotopic (exact) mass is 311 g/mol. The van der Waals surface area contributed by atoms with Crippen LogP contribution in [0, 0.1) is 6.92 Å². The molecule has 0 saturated carbocycles. The molecular weight excluding hydrogens is 290 g/mol. The second kappa shape index (κ2) is 8.76. The molecule has 0 atom stereocenters. The van der Waals surface area contributed by atoms with E-state index in [2.05, 4.69) is 5.32 Å². The van der Waals surface area contributed by atoms with Crippen LogP contribution in [0.1, 0.15) is 11.1 Å². The van der Waals surface area contributed by atoms with Crippen LogP contribution in [0.25, 0.3) is 6.08 Å². The fraction of sp³-hybridized carbons (Fsp3) is 0.211. The first kappa shape index (κ1) is 16.8. The minimum absolute atomic E-state index is 0.168. The van der Waals surface area contributed by atoms with Crippen molar-refractivity contribution in [1.29, 1.82) is 0 Å². The van der Waals surface area contributed by atoms with E-state index >= 15 is 0 Å². The van der Waals surface area contributed by atoms with Gasteiger partial charge in [0.25, 0.3) is 0 Å². The van der Waals surface area contributed by atoms with Gasteiger partial charge in [-0.3, -0.25) is 4.79 Å². The second-order valence-corrected chi connectivity index (χ2v) is 5.10. The highest BCUT2D eigenvalue weighted by atomic mass is 16.5. The molecule has 1 amide bonds. The molecule has 0 radical (unpaired) electrons. The Morgan fingerprint density at radius 2 is 1.74 bits per heavy atom. The number of ether oxygens (including phenoxy) is 2. The molecule has 120 valence electrons. The Bertz CT molecular complexity index is 645. The summed E-state index contributed by atoms with van der Waals surface area (Å²) in [5.41, 5.74) is 2.91. The van der Waals surface area contributed by atoms with Gasteiger partial charge in [-0.1, -0.05) is 29.8 Å². The van der Waals surface area contributed by atoms with Crippen molar-refractivity contribution >= 4 is 17.7 Å². The predicted octanol–water partition coefficient (Wildman–Crippen LogP) is 3.67. The number of nitrogens with one attached hydrogen (secondary N) is 1. The first-order valence-corrected chi connectivity index (χ1v) is 7.45. The fourth-order valence-corrected chi connectivity index (χ4v) is 1.91. The molecule has 2 rings (SSSR count). The van der Waals surface area contributed by atoms with E-state index in [1.807, 2.05) is 43.3 Å². The number of hydrogen-bond donors (Lipinski definition) is 1. The quantitative estimate of drug-likeness (QED) is 0.627. The number of benzene rings is 2. The highest BCUT2D eigenvalue weighted by Crippen LogP contribution is 2.15. The summed E-state index contributed by atoms with van der Waals surface area (Å²) in [5, 5.41) is 2.81. The van der Waals surface area contributed by atoms with Crippen molar-refractivity contribution in [3.8, 4) is 5.75 Å². The first-order valence-electron chi connectivity index (χ1n) is 7.45. The van der Waals surface area contributed by atoms with Crippen molar-refractivity contribution in [1.82, 2.24) is 0 Å². The highest BCUT2D eigenvalue weighted by molar-refractivity contribution is 6.01. The molecule has 0 heterocycles. The number of rotatable bonds is 7. The van der Waals surface area contributed by atoms with Crippen molar-refractivity contribution in [3.05, 3.63) is 65.7 Å². The Hall–Kier alpha value is -2.59. The maximum atomic E-state index is 11.9. The second-order valence-electron chi connectivity index (χ2n) is 5.10. The van der Waals surface area contributed by atoms with E-state index in [4.69, 9.17) is 9.47 Å². The summed E-state index contributed by atoms with van der Waals surface area (Å²) in [6.07, 6.45) is 3.31. The molecule has 23 heavy (non-hydrogen) atoms. The van der Waals surface area contributed by atoms with E-state index < -0.39 is 0 Å². The van der Waals surface area contributed by atoms with Gasteiger partial charge in [-0.25, -0.2) is 0 Å². The maximum absolute atomic E-state index is 11.9. The van der Waals surface area contributed by atoms with Crippen molar-refractivity contribution < 1.29 is 14.3 Å². The first-order chi connectivity index (χ1) is 11.2. The number of aryl methyl sites for hydroxylation is 1. The number of hydrogen-bond acceptors (Lipinski definition) is 3. The number of carbonyl (C=O) groups excluding carboxylic acids is 1. The highest BCUT2D eigenvalue weighted by Gasteiger charge is 1.99. The van der Waals surface area contributed by atoms with Crippen LogP contribution >= 0.6 is 0 Å². The van der Waals surface area contributed by atoms with Gasteiger partial charge < -0.3 is 14.8 Å². The summed E-state index contributed by atoms with van der Waals surface area (Å²) >= 11 is 0. The van der Waals surface area contributed by atoms with Crippen LogP contribution in [0.2, 0.25) is 0 Å². The van der Waals surface area contributed by atoms with Gasteiger partial charge in [0.2, 0.25) is 5.91 Å². The SMILES string of the molecule is COCCOc1ccc(NC(=O)/C=C/c2ccc(C)cc2)cc1. The fourth-order valence-electron chi connectivity index (χ4n) is 1.91. The van der Waals surface area contributed by atoms with Crippen molar-refractivity contribution in [2.45, 2.75) is 6.92 Å². The molecule has 0 aliphatic rings. The molecule has 4 nitrogen and oxygen atoms in total. The third-order valence-corrected chi connectivity index (χ3v) is 3.18. The minimum atomic E-state index is -0.168. The number of anilines is 1. The lowest BCUT2D eigenvalue weighted by molar-refractivity contribution is -0.111. The van der Waals surface area contributed by atoms with Gasteiger partial charge in [0, 0.05) is 18.9 Å². The van der Waals surface area contributed by atoms with Gasteiger partial charge in [-0.15, -0.1) is 0 Å². The van der Waals surface area contributed by atoms with Crippen LogP contribution < -0.4 is 10.1 Å². The van der Waals surface area contributed by atoms with E-state index in [0.29, 0.717) is 13.2 Å². The number of carbonyl (C=O) groups is 1. The van der Waals surface area contributed by atoms with Gasteiger partial charge in [-0.2, -0.15) is 0 Å². The van der Waals surface area contributed by atoms with E-state index in [1.165, 1.54) is 11.6 Å². The molecule has 0 spiro atoms. The van der Waals surface area contributed by atoms with Crippen LogP contribution in [0.3, 0.4) is 0 Å². The van der Waals surface area contributed by atoms with Gasteiger partial charge in [0.1, 0.15) is 12.4 Å². The van der Waals surface area contributed by atoms with Crippen LogP contribution in [0.15, 0.2) is 54.6 Å². The normalized spacial score (nSPS) is 10.7. The van der Waals surface area contributed by atoms with E-state index in [-0.39, 0.29) is 5.91 Å². The Kier molecular flexibility index (Phi) is 6.39. The topological polar surface area (TPSA) is 47.6 Å². The predicted molar refractivity (Wildman–Crippen MR) is 92.7 cm³/mol. The minimum Gasteiger partial charge on any atom is -0.491 e. The van der Waals surface area contributed by atoms with Gasteiger partial charge in [-0.05, 0) is 42.8 Å². The average Bonchev–Trinajstić information content (AvgIpc) is 2.56. The zero-order valence-corrected chi connectivity index (χ0v) is 13.4. The summed E-state index contributed by atoms with van der Waals surface area (Å²) in [7, 11) is 1.63. The van der Waals surface area contributed by atoms with Crippen molar-refractivity contribution in [2.75, 3.05) is 25.6 Å². The third-order valence-electron chi connectivity index (χ3n) is 3.18. The molecule has 0 bridgehead atoms. The van der Waals surface area contributed by atoms with Gasteiger partial charge in [0.15, 0.2) is 0 Å². The summed E-state index contributed by atoms with van der Waals surface area (Å²) in [6.45, 7) is 3.08. The molecular formula is C19H21NO3. The molecule has 0 aromatic heterocycles. The van der Waals surface area contributed by atoms with E-state index in [1.54, 1.807) is 25.3 Å². The van der Waals surface area contributed by atoms with Gasteiger partial charge in [0.05, 0.1) is 6.61 Å². The maximum Gasteiger partial charge on any atom is 0.248 e. The zero-order chi connectivity index (χ0) is 16.5. The standard InChI is InChI=1S/C19H21NO3/c1-15-3-5-16(6-4-15)7-12-19(21)20-17-8-10-18(11-9-17)23-14-13-22-2/h3-12H,13-14H2,1-2H3,(H,20,21)/b12-7+. The van der Waals surface area contributed by atoms with Crippen LogP contribution in [-0.2, 0) is 9.53 Å². The molecule has 0 fully saturated rings. The number of amides is 1. The molecule has 1 N–H and O–H groups in total. The Morgan fingerprint density at radius 3 is 2.39 bits per heavy atom. The van der Waals surface area contributed by atoms with Crippen LogP contribution in [0.4, 0.5) is 5.69 Å². The summed E-state index contributed by atoms with van der Waals surface area (Å²) in [6, 6.07) is 15.2. The third kappa shape index (κ3) is 5.96. The summed E-state index contributed by atoms with van der Waals surface area (Å²) in [5.74, 6) is 0.578. The van der Waals surface area contributed by atoms with Crippen LogP contribution in [0.5, 0.6) is 5.75 Å². The summed E-state index contributed by atoms with van der Waals surface area (Å²) < 4.78 is 10.4. The largest absolute Gasteiger partial charge is 0.491 e. The zero-order valence-electron chi connectivity index (χ0n) is 13.4. The molecule has 0 saturated heterocycles. The molecule has 2 aromatic rings. The lowest BCUT2D eigenvalue weighted by Crippen LogP contribution is -2.08. The smallest absolute Gasteiger partial charge is 0.248 e. The van der Waals surface area contributed by atoms with Crippen molar-refractivity contribution in [2.24, 2.45) is 0 Å². The summed E-state index contributed by atoms with van der Waals surface area (Å²) in [4.78, 5) is 11.9. The van der Waals surface area contributed by atoms with Crippen molar-refractivity contribution in [3.63, 3.8) is 0 Å². The van der Waals surface area contributed by atoms with Crippen LogP contribution in [-0.4, -0.2) is 26.2 Å². The number of methoxy groups -OCH3 is 1. The molecule has 2 aromatic carbocycles. The molecule has 0 unspecified atom stereocenters. The van der Waals surface area contributed by atoms with E-state index in [9.17, 15) is 4.79 Å². The Morgan fingerprint density at radius 1 is 1.04 bits per heavy atom.